The number of ether oxygens (including phenoxy) is 1. The van der Waals surface area contributed by atoms with Crippen molar-refractivity contribution in [2.75, 3.05) is 7.11 Å². The van der Waals surface area contributed by atoms with E-state index in [4.69, 9.17) is 4.74 Å². The molecule has 0 heterocycles. The van der Waals surface area contributed by atoms with Gasteiger partial charge in [0.2, 0.25) is 0 Å². The molecule has 1 aliphatic rings. The molecule has 4 unspecified atom stereocenters. The molecule has 216 valence electrons. The molecule has 3 aromatic carbocycles. The van der Waals surface area contributed by atoms with E-state index in [1.807, 2.05) is 48.5 Å². The van der Waals surface area contributed by atoms with Crippen LogP contribution in [0.3, 0.4) is 0 Å². The van der Waals surface area contributed by atoms with Gasteiger partial charge in [0.1, 0.15) is 5.75 Å². The SMILES string of the molecule is CCCC(CCCCC1CCCCC1(O)c1ccccc1)CC(c1ccccc1)S(=O)(=O)c1ccc(OC)cc1. The summed E-state index contributed by atoms with van der Waals surface area (Å²) in [6.45, 7) is 2.19. The van der Waals surface area contributed by atoms with Crippen LogP contribution in [-0.4, -0.2) is 20.6 Å². The fourth-order valence-electron chi connectivity index (χ4n) is 6.67. The lowest BCUT2D eigenvalue weighted by Crippen LogP contribution is -2.38. The number of aliphatic hydroxyl groups is 1. The van der Waals surface area contributed by atoms with Crippen LogP contribution >= 0.6 is 0 Å². The summed E-state index contributed by atoms with van der Waals surface area (Å²) in [6.07, 6.45) is 10.9. The van der Waals surface area contributed by atoms with Crippen LogP contribution in [0.5, 0.6) is 5.75 Å². The van der Waals surface area contributed by atoms with Crippen molar-refractivity contribution in [3.8, 4) is 5.75 Å². The van der Waals surface area contributed by atoms with Crippen LogP contribution in [0.25, 0.3) is 0 Å². The second kappa shape index (κ2) is 14.3. The molecule has 40 heavy (non-hydrogen) atoms. The van der Waals surface area contributed by atoms with Gasteiger partial charge in [-0.15, -0.1) is 0 Å². The molecule has 0 amide bonds. The molecule has 5 heteroatoms. The average Bonchev–Trinajstić information content (AvgIpc) is 2.99. The van der Waals surface area contributed by atoms with Gasteiger partial charge in [0.25, 0.3) is 0 Å². The van der Waals surface area contributed by atoms with E-state index in [2.05, 4.69) is 19.1 Å². The van der Waals surface area contributed by atoms with Crippen molar-refractivity contribution in [2.45, 2.75) is 93.3 Å². The Labute approximate surface area is 241 Å². The molecule has 0 radical (unpaired) electrons. The maximum atomic E-state index is 13.9. The van der Waals surface area contributed by atoms with Crippen LogP contribution in [-0.2, 0) is 15.4 Å². The third-order valence-corrected chi connectivity index (χ3v) is 11.0. The maximum absolute atomic E-state index is 13.9. The van der Waals surface area contributed by atoms with Crippen LogP contribution in [0.15, 0.2) is 89.8 Å². The summed E-state index contributed by atoms with van der Waals surface area (Å²) in [4.78, 5) is 0.342. The molecule has 3 aromatic rings. The number of rotatable bonds is 14. The average molecular weight is 563 g/mol. The third kappa shape index (κ3) is 7.36. The van der Waals surface area contributed by atoms with Gasteiger partial charge >= 0.3 is 0 Å². The molecule has 1 N–H and O–H groups in total. The molecule has 1 saturated carbocycles. The summed E-state index contributed by atoms with van der Waals surface area (Å²) in [5.74, 6) is 1.25. The van der Waals surface area contributed by atoms with Crippen molar-refractivity contribution in [3.05, 3.63) is 96.1 Å². The minimum atomic E-state index is -3.57. The zero-order valence-corrected chi connectivity index (χ0v) is 25.0. The number of unbranched alkanes of at least 4 members (excludes halogenated alkanes) is 1. The predicted molar refractivity (Wildman–Crippen MR) is 163 cm³/mol. The van der Waals surface area contributed by atoms with E-state index in [1.165, 1.54) is 6.42 Å². The van der Waals surface area contributed by atoms with Gasteiger partial charge in [-0.05, 0) is 72.9 Å². The van der Waals surface area contributed by atoms with Crippen LogP contribution in [0.1, 0.15) is 93.9 Å². The lowest BCUT2D eigenvalue weighted by atomic mass is 9.69. The first-order valence-electron chi connectivity index (χ1n) is 15.1. The maximum Gasteiger partial charge on any atom is 0.185 e. The first-order valence-corrected chi connectivity index (χ1v) is 16.6. The van der Waals surface area contributed by atoms with Gasteiger partial charge in [0.05, 0.1) is 22.9 Å². The van der Waals surface area contributed by atoms with Crippen LogP contribution in [0.2, 0.25) is 0 Å². The van der Waals surface area contributed by atoms with Crippen LogP contribution < -0.4 is 4.74 Å². The summed E-state index contributed by atoms with van der Waals surface area (Å²) >= 11 is 0. The zero-order chi connectivity index (χ0) is 28.4. The highest BCUT2D eigenvalue weighted by Crippen LogP contribution is 2.44. The lowest BCUT2D eigenvalue weighted by Gasteiger charge is -2.41. The summed E-state index contributed by atoms with van der Waals surface area (Å²) in [7, 11) is -1.99. The highest BCUT2D eigenvalue weighted by molar-refractivity contribution is 7.91. The quantitative estimate of drug-likeness (QED) is 0.200. The van der Waals surface area contributed by atoms with Crippen LogP contribution in [0.4, 0.5) is 0 Å². The zero-order valence-electron chi connectivity index (χ0n) is 24.2. The molecule has 1 fully saturated rings. The smallest absolute Gasteiger partial charge is 0.185 e. The van der Waals surface area contributed by atoms with E-state index in [1.54, 1.807) is 31.4 Å². The van der Waals surface area contributed by atoms with Gasteiger partial charge in [0.15, 0.2) is 9.84 Å². The molecule has 0 saturated heterocycles. The van der Waals surface area contributed by atoms with E-state index in [-0.39, 0.29) is 5.92 Å². The second-order valence-corrected chi connectivity index (χ2v) is 13.7. The van der Waals surface area contributed by atoms with E-state index in [0.717, 1.165) is 68.9 Å². The largest absolute Gasteiger partial charge is 0.497 e. The van der Waals surface area contributed by atoms with Crippen molar-refractivity contribution in [3.63, 3.8) is 0 Å². The van der Waals surface area contributed by atoms with Gasteiger partial charge in [-0.3, -0.25) is 0 Å². The summed E-state index contributed by atoms with van der Waals surface area (Å²) in [6, 6.07) is 26.7. The summed E-state index contributed by atoms with van der Waals surface area (Å²) in [5.41, 5.74) is 1.18. The predicted octanol–water partition coefficient (Wildman–Crippen LogP) is 8.66. The van der Waals surface area contributed by atoms with E-state index < -0.39 is 20.7 Å². The van der Waals surface area contributed by atoms with E-state index in [0.29, 0.717) is 23.0 Å². The fraction of sp³-hybridized carbons (Fsp3) is 0.486. The number of hydrogen-bond donors (Lipinski definition) is 1. The standard InChI is InChI=1S/C35H46O4S/c1-3-14-28(15-10-11-20-31-21-12-13-26-35(31,36)30-18-8-5-9-19-30)27-34(29-16-6-4-7-17-29)40(37,38)33-24-22-32(39-2)23-25-33/h4-9,16-19,22-25,28,31,34,36H,3,10-15,20-21,26-27H2,1-2H3. The molecular weight excluding hydrogens is 516 g/mol. The Morgan fingerprint density at radius 2 is 1.57 bits per heavy atom. The molecule has 4 atom stereocenters. The Hall–Kier alpha value is -2.63. The minimum Gasteiger partial charge on any atom is -0.497 e. The number of benzene rings is 3. The molecule has 1 aliphatic carbocycles. The fourth-order valence-corrected chi connectivity index (χ4v) is 8.56. The normalized spacial score (nSPS) is 21.0. The Morgan fingerprint density at radius 3 is 2.23 bits per heavy atom. The Balaban J connectivity index is 1.44. The van der Waals surface area contributed by atoms with Crippen molar-refractivity contribution >= 4 is 9.84 Å². The topological polar surface area (TPSA) is 63.6 Å². The Morgan fingerprint density at radius 1 is 0.900 bits per heavy atom. The molecule has 0 aliphatic heterocycles. The first-order chi connectivity index (χ1) is 19.4. The van der Waals surface area contributed by atoms with Crippen LogP contribution in [0, 0.1) is 11.8 Å². The van der Waals surface area contributed by atoms with Crippen molar-refractivity contribution in [2.24, 2.45) is 11.8 Å². The lowest BCUT2D eigenvalue weighted by molar-refractivity contribution is -0.0584. The van der Waals surface area contributed by atoms with Gasteiger partial charge in [-0.1, -0.05) is 113 Å². The highest BCUT2D eigenvalue weighted by atomic mass is 32.2. The molecule has 0 aromatic heterocycles. The molecule has 4 nitrogen and oxygen atoms in total. The Kier molecular flexibility index (Phi) is 10.9. The van der Waals surface area contributed by atoms with Gasteiger partial charge in [-0.2, -0.15) is 0 Å². The van der Waals surface area contributed by atoms with Crippen molar-refractivity contribution in [1.29, 1.82) is 0 Å². The van der Waals surface area contributed by atoms with Gasteiger partial charge in [-0.25, -0.2) is 8.42 Å². The summed E-state index contributed by atoms with van der Waals surface area (Å²) in [5, 5.41) is 11.1. The van der Waals surface area contributed by atoms with Gasteiger partial charge < -0.3 is 9.84 Å². The number of methoxy groups -OCH3 is 1. The monoisotopic (exact) mass is 562 g/mol. The highest BCUT2D eigenvalue weighted by Gasteiger charge is 2.39. The molecule has 4 rings (SSSR count). The first kappa shape index (κ1) is 30.3. The number of sulfone groups is 1. The molecular formula is C35H46O4S. The van der Waals surface area contributed by atoms with Crippen molar-refractivity contribution in [1.82, 2.24) is 0 Å². The molecule has 0 spiro atoms. The minimum absolute atomic E-state index is 0.279. The van der Waals surface area contributed by atoms with Crippen molar-refractivity contribution < 1.29 is 18.3 Å². The molecule has 0 bridgehead atoms. The van der Waals surface area contributed by atoms with Gasteiger partial charge in [0, 0.05) is 0 Å². The second-order valence-electron chi connectivity index (χ2n) is 11.5. The summed E-state index contributed by atoms with van der Waals surface area (Å²) < 4.78 is 33.1. The number of hydrogen-bond acceptors (Lipinski definition) is 4. The van der Waals surface area contributed by atoms with E-state index in [9.17, 15) is 13.5 Å². The Bertz CT molecular complexity index is 1260. The van der Waals surface area contributed by atoms with E-state index >= 15 is 0 Å². The third-order valence-electron chi connectivity index (χ3n) is 8.90.